The zero-order valence-corrected chi connectivity index (χ0v) is 12.6. The van der Waals surface area contributed by atoms with Crippen molar-refractivity contribution in [3.05, 3.63) is 35.4 Å². The Morgan fingerprint density at radius 1 is 1.14 bits per heavy atom. The smallest absolute Gasteiger partial charge is 0.229 e. The summed E-state index contributed by atoms with van der Waals surface area (Å²) >= 11 is 0. The fraction of sp³-hybridized carbons (Fsp3) is 0.471. The van der Waals surface area contributed by atoms with Crippen LogP contribution in [0.2, 0.25) is 0 Å². The van der Waals surface area contributed by atoms with Crippen LogP contribution < -0.4 is 0 Å². The number of amides is 2. The van der Waals surface area contributed by atoms with Crippen LogP contribution in [0.1, 0.15) is 49.0 Å². The Balaban J connectivity index is 2.03. The van der Waals surface area contributed by atoms with Crippen molar-refractivity contribution in [3.8, 4) is 0 Å². The van der Waals surface area contributed by atoms with Gasteiger partial charge in [-0.15, -0.1) is 0 Å². The quantitative estimate of drug-likeness (QED) is 0.618. The minimum Gasteiger partial charge on any atom is -0.292 e. The minimum absolute atomic E-state index is 0.0738. The molecule has 1 heterocycles. The largest absolute Gasteiger partial charge is 0.292 e. The Hall–Kier alpha value is -1.97. The van der Waals surface area contributed by atoms with Gasteiger partial charge < -0.3 is 0 Å². The molecule has 0 aromatic heterocycles. The highest BCUT2D eigenvalue weighted by Crippen LogP contribution is 2.19. The molecule has 1 aliphatic rings. The molecule has 2 rings (SSSR count). The molecular weight excluding hydrogens is 266 g/mol. The summed E-state index contributed by atoms with van der Waals surface area (Å²) in [6.45, 7) is 3.84. The van der Waals surface area contributed by atoms with E-state index in [1.165, 1.54) is 5.56 Å². The molecule has 4 nitrogen and oxygen atoms in total. The van der Waals surface area contributed by atoms with Gasteiger partial charge in [0.15, 0.2) is 5.78 Å². The molecule has 0 bridgehead atoms. The van der Waals surface area contributed by atoms with Crippen LogP contribution in [0, 0.1) is 5.92 Å². The number of Topliss-reactive ketones (excluding diaryl/α,β-unsaturated/α-hetero) is 1. The van der Waals surface area contributed by atoms with E-state index in [1.807, 2.05) is 19.1 Å². The fourth-order valence-corrected chi connectivity index (χ4v) is 2.59. The Morgan fingerprint density at radius 2 is 1.71 bits per heavy atom. The van der Waals surface area contributed by atoms with E-state index in [0.29, 0.717) is 18.4 Å². The van der Waals surface area contributed by atoms with Crippen molar-refractivity contribution in [2.24, 2.45) is 5.92 Å². The van der Waals surface area contributed by atoms with Crippen LogP contribution in [-0.4, -0.2) is 29.0 Å². The van der Waals surface area contributed by atoms with Gasteiger partial charge in [-0.1, -0.05) is 44.5 Å². The number of hydrogen-bond acceptors (Lipinski definition) is 3. The number of hydrogen-bond donors (Lipinski definition) is 0. The van der Waals surface area contributed by atoms with Gasteiger partial charge in [-0.2, -0.15) is 0 Å². The lowest BCUT2D eigenvalue weighted by atomic mass is 9.97. The first-order chi connectivity index (χ1) is 10.0. The summed E-state index contributed by atoms with van der Waals surface area (Å²) in [6.07, 6.45) is 2.72. The van der Waals surface area contributed by atoms with E-state index in [9.17, 15) is 14.4 Å². The Kier molecular flexibility index (Phi) is 4.89. The summed E-state index contributed by atoms with van der Waals surface area (Å²) in [6, 6.07) is 7.40. The molecule has 21 heavy (non-hydrogen) atoms. The van der Waals surface area contributed by atoms with Crippen LogP contribution in [0.25, 0.3) is 0 Å². The lowest BCUT2D eigenvalue weighted by Gasteiger charge is -2.27. The van der Waals surface area contributed by atoms with Gasteiger partial charge in [-0.3, -0.25) is 19.3 Å². The second-order valence-corrected chi connectivity index (χ2v) is 5.76. The second kappa shape index (κ2) is 6.66. The first kappa shape index (κ1) is 15.4. The van der Waals surface area contributed by atoms with Crippen molar-refractivity contribution in [2.75, 3.05) is 6.54 Å². The predicted octanol–water partition coefficient (Wildman–Crippen LogP) is 2.61. The Bertz CT molecular complexity index is 530. The normalized spacial score (nSPS) is 16.4. The molecule has 1 aromatic rings. The highest BCUT2D eigenvalue weighted by Gasteiger charge is 2.31. The van der Waals surface area contributed by atoms with E-state index in [1.54, 1.807) is 12.1 Å². The van der Waals surface area contributed by atoms with Gasteiger partial charge >= 0.3 is 0 Å². The van der Waals surface area contributed by atoms with Crippen molar-refractivity contribution < 1.29 is 14.4 Å². The molecule has 0 radical (unpaired) electrons. The highest BCUT2D eigenvalue weighted by molar-refractivity contribution is 6.05. The van der Waals surface area contributed by atoms with Gasteiger partial charge in [-0.05, 0) is 17.9 Å². The van der Waals surface area contributed by atoms with Gasteiger partial charge in [0.25, 0.3) is 0 Å². The van der Waals surface area contributed by atoms with Gasteiger partial charge in [0.05, 0.1) is 6.54 Å². The monoisotopic (exact) mass is 287 g/mol. The molecule has 0 aliphatic carbocycles. The number of nitrogens with zero attached hydrogens (tertiary/aromatic N) is 1. The fourth-order valence-electron chi connectivity index (χ4n) is 2.59. The number of rotatable bonds is 5. The summed E-state index contributed by atoms with van der Waals surface area (Å²) in [5.74, 6) is -0.594. The van der Waals surface area contributed by atoms with E-state index >= 15 is 0 Å². The van der Waals surface area contributed by atoms with Crippen molar-refractivity contribution in [1.82, 2.24) is 4.90 Å². The number of imide groups is 1. The van der Waals surface area contributed by atoms with E-state index in [2.05, 4.69) is 6.92 Å². The Morgan fingerprint density at radius 3 is 2.24 bits per heavy atom. The molecule has 0 saturated carbocycles. The third-order valence-corrected chi connectivity index (χ3v) is 3.76. The maximum atomic E-state index is 12.2. The van der Waals surface area contributed by atoms with Crippen LogP contribution in [0.4, 0.5) is 0 Å². The average Bonchev–Trinajstić information content (AvgIpc) is 2.43. The first-order valence-electron chi connectivity index (χ1n) is 7.46. The van der Waals surface area contributed by atoms with Crippen LogP contribution in [0.3, 0.4) is 0 Å². The molecule has 0 N–H and O–H groups in total. The summed E-state index contributed by atoms with van der Waals surface area (Å²) in [5, 5.41) is 0. The van der Waals surface area contributed by atoms with Crippen LogP contribution in [0.5, 0.6) is 0 Å². The molecule has 0 atom stereocenters. The maximum absolute atomic E-state index is 12.2. The number of benzene rings is 1. The molecule has 112 valence electrons. The van der Waals surface area contributed by atoms with E-state index in [-0.39, 0.29) is 30.1 Å². The van der Waals surface area contributed by atoms with Crippen molar-refractivity contribution in [3.63, 3.8) is 0 Å². The second-order valence-electron chi connectivity index (χ2n) is 5.76. The average molecular weight is 287 g/mol. The molecule has 0 unspecified atom stereocenters. The van der Waals surface area contributed by atoms with Gasteiger partial charge in [0, 0.05) is 18.4 Å². The molecule has 1 aromatic carbocycles. The molecule has 4 heteroatoms. The molecule has 1 saturated heterocycles. The topological polar surface area (TPSA) is 54.5 Å². The maximum Gasteiger partial charge on any atom is 0.229 e. The number of carbonyl (C=O) groups excluding carboxylic acids is 3. The van der Waals surface area contributed by atoms with Crippen LogP contribution in [-0.2, 0) is 16.0 Å². The lowest BCUT2D eigenvalue weighted by molar-refractivity contribution is -0.149. The number of ketones is 1. The van der Waals surface area contributed by atoms with Crippen molar-refractivity contribution in [1.29, 1.82) is 0 Å². The summed E-state index contributed by atoms with van der Waals surface area (Å²) in [4.78, 5) is 37.1. The number of piperidine rings is 1. The van der Waals surface area contributed by atoms with E-state index in [0.717, 1.165) is 17.7 Å². The van der Waals surface area contributed by atoms with Gasteiger partial charge in [-0.25, -0.2) is 0 Å². The SMILES string of the molecule is CCCc1ccc(C(=O)CN2C(=O)CC(C)CC2=O)cc1. The third kappa shape index (κ3) is 3.78. The van der Waals surface area contributed by atoms with Crippen LogP contribution >= 0.6 is 0 Å². The van der Waals surface area contributed by atoms with Crippen molar-refractivity contribution in [2.45, 2.75) is 39.5 Å². The first-order valence-corrected chi connectivity index (χ1v) is 7.46. The number of carbonyl (C=O) groups is 3. The Labute approximate surface area is 125 Å². The lowest BCUT2D eigenvalue weighted by Crippen LogP contribution is -2.45. The number of aryl methyl sites for hydroxylation is 1. The molecule has 1 aliphatic heterocycles. The van der Waals surface area contributed by atoms with Crippen LogP contribution in [0.15, 0.2) is 24.3 Å². The number of likely N-dealkylation sites (tertiary alicyclic amines) is 1. The van der Waals surface area contributed by atoms with Gasteiger partial charge in [0.1, 0.15) is 0 Å². The standard InChI is InChI=1S/C17H21NO3/c1-3-4-13-5-7-14(8-6-13)15(19)11-18-16(20)9-12(2)10-17(18)21/h5-8,12H,3-4,9-11H2,1-2H3. The molecular formula is C17H21NO3. The van der Waals surface area contributed by atoms with Crippen molar-refractivity contribution >= 4 is 17.6 Å². The van der Waals surface area contributed by atoms with E-state index < -0.39 is 0 Å². The highest BCUT2D eigenvalue weighted by atomic mass is 16.2. The zero-order chi connectivity index (χ0) is 15.4. The third-order valence-electron chi connectivity index (χ3n) is 3.76. The summed E-state index contributed by atoms with van der Waals surface area (Å²) in [7, 11) is 0. The molecule has 2 amide bonds. The zero-order valence-electron chi connectivity index (χ0n) is 12.6. The summed E-state index contributed by atoms with van der Waals surface area (Å²) in [5.41, 5.74) is 1.74. The summed E-state index contributed by atoms with van der Waals surface area (Å²) < 4.78 is 0. The minimum atomic E-state index is -0.241. The molecule has 1 fully saturated rings. The van der Waals surface area contributed by atoms with Gasteiger partial charge in [0.2, 0.25) is 11.8 Å². The predicted molar refractivity (Wildman–Crippen MR) is 79.9 cm³/mol. The van der Waals surface area contributed by atoms with E-state index in [4.69, 9.17) is 0 Å². The molecule has 0 spiro atoms.